The molecule has 0 radical (unpaired) electrons. The number of likely N-dealkylation sites (tertiary alicyclic amines) is 1. The number of carbonyl (C=O) groups excluding carboxylic acids is 3. The lowest BCUT2D eigenvalue weighted by Gasteiger charge is -2.36. The first-order chi connectivity index (χ1) is 17.5. The molecule has 5 rings (SSSR count). The second-order valence-corrected chi connectivity index (χ2v) is 11.0. The molecule has 3 amide bonds. The molecule has 1 aromatic rings. The van der Waals surface area contributed by atoms with E-state index >= 15 is 0 Å². The highest BCUT2D eigenvalue weighted by atomic mass is 16.2. The summed E-state index contributed by atoms with van der Waals surface area (Å²) < 4.78 is 0. The van der Waals surface area contributed by atoms with Crippen molar-refractivity contribution < 1.29 is 14.4 Å². The standard InChI is InChI=1S/C29H38N4O3/c1-20-8-10-22(11-9-20)30-23-14-17-32(18-15-23)16-3-2-5-21-6-4-7-24-25(21)19-33(29(24)36)26-12-13-27(34)31-28(26)35/h4,6-7,20,22-23,26,30H,3,8-19H2,1H3,(H,31,34,35). The van der Waals surface area contributed by atoms with Gasteiger partial charge in [-0.3, -0.25) is 19.7 Å². The fourth-order valence-corrected chi connectivity index (χ4v) is 6.16. The number of benzene rings is 1. The van der Waals surface area contributed by atoms with Crippen LogP contribution in [0, 0.1) is 17.8 Å². The van der Waals surface area contributed by atoms with Gasteiger partial charge in [-0.2, -0.15) is 0 Å². The lowest BCUT2D eigenvalue weighted by atomic mass is 9.86. The number of carbonyl (C=O) groups is 3. The highest BCUT2D eigenvalue weighted by Crippen LogP contribution is 2.29. The van der Waals surface area contributed by atoms with E-state index in [9.17, 15) is 14.4 Å². The lowest BCUT2D eigenvalue weighted by molar-refractivity contribution is -0.136. The second kappa shape index (κ2) is 11.1. The van der Waals surface area contributed by atoms with Crippen LogP contribution in [0.2, 0.25) is 0 Å². The predicted molar refractivity (Wildman–Crippen MR) is 138 cm³/mol. The van der Waals surface area contributed by atoms with Gasteiger partial charge in [0.2, 0.25) is 11.8 Å². The average Bonchev–Trinajstić information content (AvgIpc) is 3.21. The number of imide groups is 1. The number of amides is 3. The Balaban J connectivity index is 1.10. The molecular formula is C29H38N4O3. The van der Waals surface area contributed by atoms with E-state index in [0.29, 0.717) is 30.6 Å². The molecule has 1 atom stereocenters. The van der Waals surface area contributed by atoms with Crippen molar-refractivity contribution in [1.29, 1.82) is 0 Å². The summed E-state index contributed by atoms with van der Waals surface area (Å²) in [5, 5.41) is 6.28. The summed E-state index contributed by atoms with van der Waals surface area (Å²) in [6.45, 7) is 5.96. The number of hydrogen-bond acceptors (Lipinski definition) is 5. The molecular weight excluding hydrogens is 452 g/mol. The fraction of sp³-hybridized carbons (Fsp3) is 0.621. The Morgan fingerprint density at radius 3 is 2.50 bits per heavy atom. The van der Waals surface area contributed by atoms with E-state index in [1.807, 2.05) is 12.1 Å². The minimum atomic E-state index is -0.595. The van der Waals surface area contributed by atoms with Crippen LogP contribution in [0.4, 0.5) is 0 Å². The van der Waals surface area contributed by atoms with Crippen LogP contribution in [-0.2, 0) is 16.1 Å². The Kier molecular flexibility index (Phi) is 7.73. The molecule has 0 spiro atoms. The SMILES string of the molecule is CC1CCC(NC2CCN(CCC#Cc3cccc4c3CN(C3CCC(=O)NC3=O)C4=O)CC2)CC1. The van der Waals surface area contributed by atoms with E-state index in [1.165, 1.54) is 38.5 Å². The maximum atomic E-state index is 13.0. The molecule has 1 aliphatic carbocycles. The Labute approximate surface area is 214 Å². The molecule has 0 bridgehead atoms. The zero-order valence-electron chi connectivity index (χ0n) is 21.4. The van der Waals surface area contributed by atoms with E-state index in [-0.39, 0.29) is 24.1 Å². The molecule has 7 nitrogen and oxygen atoms in total. The van der Waals surface area contributed by atoms with Gasteiger partial charge in [0.05, 0.1) is 0 Å². The van der Waals surface area contributed by atoms with Crippen LogP contribution < -0.4 is 10.6 Å². The molecule has 192 valence electrons. The van der Waals surface area contributed by atoms with Crippen molar-refractivity contribution in [2.24, 2.45) is 5.92 Å². The largest absolute Gasteiger partial charge is 0.322 e. The third-order valence-corrected chi connectivity index (χ3v) is 8.43. The van der Waals surface area contributed by atoms with E-state index in [2.05, 4.69) is 34.3 Å². The average molecular weight is 491 g/mol. The van der Waals surface area contributed by atoms with Crippen molar-refractivity contribution in [3.8, 4) is 11.8 Å². The normalized spacial score (nSPS) is 27.4. The predicted octanol–water partition coefficient (Wildman–Crippen LogP) is 2.82. The maximum absolute atomic E-state index is 13.0. The summed E-state index contributed by atoms with van der Waals surface area (Å²) in [5.41, 5.74) is 2.37. The first-order valence-corrected chi connectivity index (χ1v) is 13.7. The smallest absolute Gasteiger partial charge is 0.255 e. The Hall–Kier alpha value is -2.69. The van der Waals surface area contributed by atoms with Gasteiger partial charge in [0.25, 0.3) is 5.91 Å². The summed E-state index contributed by atoms with van der Waals surface area (Å²) in [7, 11) is 0. The van der Waals surface area contributed by atoms with Crippen LogP contribution in [0.25, 0.3) is 0 Å². The quantitative estimate of drug-likeness (QED) is 0.490. The van der Waals surface area contributed by atoms with Gasteiger partial charge in [-0.1, -0.05) is 24.8 Å². The molecule has 7 heteroatoms. The number of fused-ring (bicyclic) bond motifs is 1. The molecule has 3 aliphatic heterocycles. The zero-order valence-corrected chi connectivity index (χ0v) is 21.4. The van der Waals surface area contributed by atoms with Crippen molar-refractivity contribution in [1.82, 2.24) is 20.4 Å². The highest BCUT2D eigenvalue weighted by molar-refractivity contribution is 6.05. The van der Waals surface area contributed by atoms with Gasteiger partial charge in [0, 0.05) is 49.1 Å². The Bertz CT molecular complexity index is 1060. The van der Waals surface area contributed by atoms with E-state index in [4.69, 9.17) is 0 Å². The summed E-state index contributed by atoms with van der Waals surface area (Å²) in [6.07, 6.45) is 9.24. The van der Waals surface area contributed by atoms with Crippen LogP contribution in [0.3, 0.4) is 0 Å². The summed E-state index contributed by atoms with van der Waals surface area (Å²) in [6, 6.07) is 6.40. The Morgan fingerprint density at radius 1 is 1.00 bits per heavy atom. The first kappa shape index (κ1) is 25.0. The molecule has 2 N–H and O–H groups in total. The molecule has 2 saturated heterocycles. The molecule has 1 unspecified atom stereocenters. The number of nitrogens with one attached hydrogen (secondary N) is 2. The van der Waals surface area contributed by atoms with Gasteiger partial charge < -0.3 is 15.1 Å². The van der Waals surface area contributed by atoms with E-state index in [1.54, 1.807) is 11.0 Å². The number of piperidine rings is 2. The van der Waals surface area contributed by atoms with Gasteiger partial charge in [0.15, 0.2) is 0 Å². The number of nitrogens with zero attached hydrogens (tertiary/aromatic N) is 2. The Morgan fingerprint density at radius 2 is 1.75 bits per heavy atom. The molecule has 36 heavy (non-hydrogen) atoms. The molecule has 0 aromatic heterocycles. The zero-order chi connectivity index (χ0) is 25.1. The van der Waals surface area contributed by atoms with Crippen molar-refractivity contribution in [2.45, 2.75) is 89.4 Å². The van der Waals surface area contributed by atoms with Crippen molar-refractivity contribution in [3.05, 3.63) is 34.9 Å². The maximum Gasteiger partial charge on any atom is 0.255 e. The minimum Gasteiger partial charge on any atom is -0.322 e. The van der Waals surface area contributed by atoms with Crippen molar-refractivity contribution in [3.63, 3.8) is 0 Å². The van der Waals surface area contributed by atoms with Crippen LogP contribution in [0.1, 0.15) is 86.2 Å². The monoisotopic (exact) mass is 490 g/mol. The van der Waals surface area contributed by atoms with Crippen molar-refractivity contribution in [2.75, 3.05) is 19.6 Å². The van der Waals surface area contributed by atoms with Crippen molar-refractivity contribution >= 4 is 17.7 Å². The third kappa shape index (κ3) is 5.66. The minimum absolute atomic E-state index is 0.151. The first-order valence-electron chi connectivity index (χ1n) is 13.7. The molecule has 4 aliphatic rings. The summed E-state index contributed by atoms with van der Waals surface area (Å²) >= 11 is 0. The second-order valence-electron chi connectivity index (χ2n) is 11.0. The van der Waals surface area contributed by atoms with E-state index < -0.39 is 6.04 Å². The molecule has 1 saturated carbocycles. The van der Waals surface area contributed by atoms with Gasteiger partial charge in [0.1, 0.15) is 6.04 Å². The number of rotatable bonds is 5. The number of hydrogen-bond donors (Lipinski definition) is 2. The highest BCUT2D eigenvalue weighted by Gasteiger charge is 2.39. The van der Waals surface area contributed by atoms with Crippen LogP contribution in [-0.4, -0.2) is 65.3 Å². The summed E-state index contributed by atoms with van der Waals surface area (Å²) in [5.74, 6) is 6.70. The van der Waals surface area contributed by atoms with Gasteiger partial charge in [-0.05, 0) is 81.6 Å². The topological polar surface area (TPSA) is 81.8 Å². The van der Waals surface area contributed by atoms with Crippen LogP contribution >= 0.6 is 0 Å². The van der Waals surface area contributed by atoms with E-state index in [0.717, 1.165) is 43.1 Å². The molecule has 3 fully saturated rings. The van der Waals surface area contributed by atoms with Gasteiger partial charge in [-0.25, -0.2) is 0 Å². The summed E-state index contributed by atoms with van der Waals surface area (Å²) in [4.78, 5) is 40.9. The lowest BCUT2D eigenvalue weighted by Crippen LogP contribution is -2.52. The van der Waals surface area contributed by atoms with Gasteiger partial charge in [-0.15, -0.1) is 0 Å². The third-order valence-electron chi connectivity index (χ3n) is 8.43. The van der Waals surface area contributed by atoms with Crippen LogP contribution in [0.15, 0.2) is 18.2 Å². The van der Waals surface area contributed by atoms with Gasteiger partial charge >= 0.3 is 0 Å². The fourth-order valence-electron chi connectivity index (χ4n) is 6.16. The van der Waals surface area contributed by atoms with Crippen LogP contribution in [0.5, 0.6) is 0 Å². The molecule has 1 aromatic carbocycles. The molecule has 3 heterocycles.